The van der Waals surface area contributed by atoms with Crippen molar-refractivity contribution in [1.82, 2.24) is 0 Å². The predicted octanol–water partition coefficient (Wildman–Crippen LogP) is 3.75. The first-order valence-electron chi connectivity index (χ1n) is 6.26. The van der Waals surface area contributed by atoms with E-state index in [-0.39, 0.29) is 0 Å². The van der Waals surface area contributed by atoms with Gasteiger partial charge in [0.15, 0.2) is 0 Å². The molecule has 0 saturated heterocycles. The summed E-state index contributed by atoms with van der Waals surface area (Å²) in [5.74, 6) is 3.78. The van der Waals surface area contributed by atoms with E-state index in [0.717, 1.165) is 36.3 Å². The largest absolute Gasteiger partial charge is 0.469 e. The summed E-state index contributed by atoms with van der Waals surface area (Å²) in [5, 5.41) is 3.54. The molecule has 0 spiro atoms. The lowest BCUT2D eigenvalue weighted by Gasteiger charge is -2.23. The summed E-state index contributed by atoms with van der Waals surface area (Å²) in [6, 6.07) is 10.4. The van der Waals surface area contributed by atoms with E-state index >= 15 is 0 Å². The highest BCUT2D eigenvalue weighted by Gasteiger charge is 2.22. The highest BCUT2D eigenvalue weighted by molar-refractivity contribution is 5.51. The molecule has 1 aliphatic rings. The zero-order valence-corrected chi connectivity index (χ0v) is 10.1. The van der Waals surface area contributed by atoms with Gasteiger partial charge in [-0.15, -0.1) is 6.42 Å². The van der Waals surface area contributed by atoms with Crippen molar-refractivity contribution >= 4 is 5.69 Å². The minimum atomic E-state index is 0.334. The number of anilines is 1. The number of benzene rings is 1. The number of aryl methyl sites for hydroxylation is 1. The van der Waals surface area contributed by atoms with Crippen molar-refractivity contribution in [3.63, 3.8) is 0 Å². The molecule has 1 aromatic heterocycles. The SMILES string of the molecule is C#Cc1cccc(NC2CCCc3occc32)c1. The van der Waals surface area contributed by atoms with Gasteiger partial charge in [0.05, 0.1) is 12.3 Å². The van der Waals surface area contributed by atoms with Crippen LogP contribution < -0.4 is 5.32 Å². The molecular weight excluding hydrogens is 222 g/mol. The minimum absolute atomic E-state index is 0.334. The van der Waals surface area contributed by atoms with Crippen molar-refractivity contribution in [2.75, 3.05) is 5.32 Å². The lowest BCUT2D eigenvalue weighted by Crippen LogP contribution is -2.15. The van der Waals surface area contributed by atoms with Crippen molar-refractivity contribution in [2.45, 2.75) is 25.3 Å². The molecule has 1 N–H and O–H groups in total. The Hall–Kier alpha value is -2.14. The molecule has 2 nitrogen and oxygen atoms in total. The van der Waals surface area contributed by atoms with Crippen molar-refractivity contribution in [3.05, 3.63) is 53.5 Å². The van der Waals surface area contributed by atoms with Crippen molar-refractivity contribution in [2.24, 2.45) is 0 Å². The third-order valence-electron chi connectivity index (χ3n) is 3.42. The Bertz CT molecular complexity index is 591. The Balaban J connectivity index is 1.84. The Morgan fingerprint density at radius 1 is 1.33 bits per heavy atom. The van der Waals surface area contributed by atoms with Crippen LogP contribution in [0.1, 0.15) is 35.8 Å². The third-order valence-corrected chi connectivity index (χ3v) is 3.42. The van der Waals surface area contributed by atoms with Crippen molar-refractivity contribution in [1.29, 1.82) is 0 Å². The number of hydrogen-bond donors (Lipinski definition) is 1. The van der Waals surface area contributed by atoms with Crippen LogP contribution in [-0.2, 0) is 6.42 Å². The normalized spacial score (nSPS) is 17.8. The van der Waals surface area contributed by atoms with Gasteiger partial charge in [0.2, 0.25) is 0 Å². The van der Waals surface area contributed by atoms with Crippen LogP contribution in [0, 0.1) is 12.3 Å². The number of nitrogens with one attached hydrogen (secondary N) is 1. The maximum Gasteiger partial charge on any atom is 0.109 e. The Morgan fingerprint density at radius 2 is 2.28 bits per heavy atom. The molecule has 2 heteroatoms. The van der Waals surface area contributed by atoms with Crippen LogP contribution >= 0.6 is 0 Å². The van der Waals surface area contributed by atoms with E-state index in [1.54, 1.807) is 6.26 Å². The van der Waals surface area contributed by atoms with E-state index in [2.05, 4.69) is 23.4 Å². The van der Waals surface area contributed by atoms with Gasteiger partial charge in [-0.05, 0) is 37.1 Å². The van der Waals surface area contributed by atoms with E-state index in [1.807, 2.05) is 18.2 Å². The fourth-order valence-electron chi connectivity index (χ4n) is 2.54. The Morgan fingerprint density at radius 3 is 3.17 bits per heavy atom. The number of terminal acetylenes is 1. The van der Waals surface area contributed by atoms with Crippen LogP contribution in [0.15, 0.2) is 41.0 Å². The molecule has 18 heavy (non-hydrogen) atoms. The van der Waals surface area contributed by atoms with Crippen LogP contribution in [0.3, 0.4) is 0 Å². The molecule has 1 aromatic carbocycles. The summed E-state index contributed by atoms with van der Waals surface area (Å²) in [6.45, 7) is 0. The average molecular weight is 237 g/mol. The van der Waals surface area contributed by atoms with Crippen LogP contribution in [-0.4, -0.2) is 0 Å². The van der Waals surface area contributed by atoms with Gasteiger partial charge >= 0.3 is 0 Å². The molecule has 0 aliphatic heterocycles. The second-order valence-corrected chi connectivity index (χ2v) is 4.61. The zero-order valence-electron chi connectivity index (χ0n) is 10.1. The summed E-state index contributed by atoms with van der Waals surface area (Å²) in [5.41, 5.74) is 3.26. The maximum atomic E-state index is 5.50. The molecule has 1 aliphatic carbocycles. The van der Waals surface area contributed by atoms with Gasteiger partial charge in [0.25, 0.3) is 0 Å². The van der Waals surface area contributed by atoms with E-state index in [9.17, 15) is 0 Å². The molecule has 1 heterocycles. The zero-order chi connectivity index (χ0) is 12.4. The third kappa shape index (κ3) is 2.00. The molecule has 0 saturated carbocycles. The molecule has 90 valence electrons. The topological polar surface area (TPSA) is 25.2 Å². The minimum Gasteiger partial charge on any atom is -0.469 e. The monoisotopic (exact) mass is 237 g/mol. The number of furan rings is 1. The number of rotatable bonds is 2. The first-order chi connectivity index (χ1) is 8.86. The Labute approximate surface area is 107 Å². The standard InChI is InChI=1S/C16H15NO/c1-2-12-5-3-6-13(11-12)17-15-7-4-8-16-14(15)9-10-18-16/h1,3,5-6,9-11,15,17H,4,7-8H2. The van der Waals surface area contributed by atoms with Gasteiger partial charge in [-0.2, -0.15) is 0 Å². The Kier molecular flexibility index (Phi) is 2.82. The molecule has 2 aromatic rings. The molecule has 0 bridgehead atoms. The van der Waals surface area contributed by atoms with Crippen molar-refractivity contribution < 1.29 is 4.42 Å². The molecule has 1 atom stereocenters. The highest BCUT2D eigenvalue weighted by atomic mass is 16.3. The number of hydrogen-bond acceptors (Lipinski definition) is 2. The summed E-state index contributed by atoms with van der Waals surface area (Å²) < 4.78 is 5.50. The molecular formula is C16H15NO. The van der Waals surface area contributed by atoms with E-state index in [0.29, 0.717) is 6.04 Å². The molecule has 0 radical (unpaired) electrons. The van der Waals surface area contributed by atoms with E-state index < -0.39 is 0 Å². The van der Waals surface area contributed by atoms with Gasteiger partial charge in [-0.3, -0.25) is 0 Å². The van der Waals surface area contributed by atoms with Crippen molar-refractivity contribution in [3.8, 4) is 12.3 Å². The summed E-state index contributed by atoms with van der Waals surface area (Å²) >= 11 is 0. The summed E-state index contributed by atoms with van der Waals surface area (Å²) in [4.78, 5) is 0. The quantitative estimate of drug-likeness (QED) is 0.805. The second kappa shape index (κ2) is 4.62. The van der Waals surface area contributed by atoms with Crippen LogP contribution in [0.2, 0.25) is 0 Å². The molecule has 0 fully saturated rings. The maximum absolute atomic E-state index is 5.50. The first kappa shape index (κ1) is 11.0. The predicted molar refractivity (Wildman–Crippen MR) is 72.4 cm³/mol. The molecule has 1 unspecified atom stereocenters. The molecule has 3 rings (SSSR count). The van der Waals surface area contributed by atoms with Gasteiger partial charge in [-0.25, -0.2) is 0 Å². The number of fused-ring (bicyclic) bond motifs is 1. The summed E-state index contributed by atoms with van der Waals surface area (Å²) in [6.07, 6.45) is 10.5. The van der Waals surface area contributed by atoms with Crippen LogP contribution in [0.4, 0.5) is 5.69 Å². The van der Waals surface area contributed by atoms with E-state index in [4.69, 9.17) is 10.8 Å². The van der Waals surface area contributed by atoms with Crippen LogP contribution in [0.5, 0.6) is 0 Å². The average Bonchev–Trinajstić information content (AvgIpc) is 2.88. The fourth-order valence-corrected chi connectivity index (χ4v) is 2.54. The van der Waals surface area contributed by atoms with Crippen LogP contribution in [0.25, 0.3) is 0 Å². The summed E-state index contributed by atoms with van der Waals surface area (Å²) in [7, 11) is 0. The van der Waals surface area contributed by atoms with Gasteiger partial charge in [0.1, 0.15) is 5.76 Å². The van der Waals surface area contributed by atoms with Gasteiger partial charge < -0.3 is 9.73 Å². The lowest BCUT2D eigenvalue weighted by molar-refractivity contribution is 0.461. The second-order valence-electron chi connectivity index (χ2n) is 4.61. The smallest absolute Gasteiger partial charge is 0.109 e. The van der Waals surface area contributed by atoms with E-state index in [1.165, 1.54) is 5.56 Å². The highest BCUT2D eigenvalue weighted by Crippen LogP contribution is 2.33. The lowest BCUT2D eigenvalue weighted by atomic mass is 9.93. The molecule has 0 amide bonds. The fraction of sp³-hybridized carbons (Fsp3) is 0.250. The first-order valence-corrected chi connectivity index (χ1v) is 6.26. The van der Waals surface area contributed by atoms with Gasteiger partial charge in [0, 0.05) is 23.2 Å². The van der Waals surface area contributed by atoms with Gasteiger partial charge in [-0.1, -0.05) is 12.0 Å².